The summed E-state index contributed by atoms with van der Waals surface area (Å²) in [6, 6.07) is 4.11. The molecule has 0 aliphatic heterocycles. The Balaban J connectivity index is 0.00000180. The topological polar surface area (TPSA) is 72.8 Å². The number of hydrogen-bond donors (Lipinski definition) is 1. The van der Waals surface area contributed by atoms with Crippen molar-refractivity contribution in [3.05, 3.63) is 47.9 Å². The van der Waals surface area contributed by atoms with Gasteiger partial charge in [-0.3, -0.25) is 0 Å². The highest BCUT2D eigenvalue weighted by Gasteiger charge is 2.02. The number of aryl methyl sites for hydroxylation is 2. The third-order valence-corrected chi connectivity index (χ3v) is 2.64. The number of H-pyrrole nitrogens is 1. The van der Waals surface area contributed by atoms with Crippen molar-refractivity contribution in [3.8, 4) is 0 Å². The van der Waals surface area contributed by atoms with E-state index in [1.165, 1.54) is 18.0 Å². The number of rotatable bonds is 6. The lowest BCUT2D eigenvalue weighted by molar-refractivity contribution is -0.378. The first-order valence-corrected chi connectivity index (χ1v) is 5.95. The second-order valence-electron chi connectivity index (χ2n) is 4.03. The molecule has 19 heavy (non-hydrogen) atoms. The monoisotopic (exact) mass is 281 g/mol. The molecule has 2 aromatic rings. The van der Waals surface area contributed by atoms with Gasteiger partial charge in [-0.15, -0.1) is 0 Å². The summed E-state index contributed by atoms with van der Waals surface area (Å²) in [6.07, 6.45) is 10.6. The third-order valence-electron chi connectivity index (χ3n) is 2.64. The van der Waals surface area contributed by atoms with Gasteiger partial charge < -0.3 is 22.0 Å². The van der Waals surface area contributed by atoms with Crippen LogP contribution in [-0.4, -0.2) is 16.4 Å². The number of oxazole rings is 1. The van der Waals surface area contributed by atoms with Gasteiger partial charge in [0.05, 0.1) is 6.21 Å². The largest absolute Gasteiger partial charge is 1.00 e. The molecule has 0 saturated carbocycles. The fourth-order valence-electron chi connectivity index (χ4n) is 1.75. The Bertz CT molecular complexity index is 500. The molecule has 5 nitrogen and oxygen atoms in total. The molecule has 0 spiro atoms. The van der Waals surface area contributed by atoms with Crippen LogP contribution in [0.25, 0.3) is 0 Å². The molecule has 6 heteroatoms. The zero-order valence-corrected chi connectivity index (χ0v) is 11.2. The number of nitrogens with one attached hydrogen (secondary N) is 1. The highest BCUT2D eigenvalue weighted by Crippen LogP contribution is 2.07. The van der Waals surface area contributed by atoms with Crippen molar-refractivity contribution >= 4 is 6.21 Å². The SMILES string of the molecule is ON=Cc1coc(CCCCc2ccc[nH+]c2)n1.[Cl-]. The van der Waals surface area contributed by atoms with E-state index in [1.807, 2.05) is 18.5 Å². The molecule has 2 rings (SSSR count). The lowest BCUT2D eigenvalue weighted by Crippen LogP contribution is -3.00. The van der Waals surface area contributed by atoms with Crippen molar-refractivity contribution in [1.82, 2.24) is 4.98 Å². The van der Waals surface area contributed by atoms with Gasteiger partial charge in [-0.2, -0.15) is 0 Å². The molecule has 102 valence electrons. The zero-order valence-electron chi connectivity index (χ0n) is 10.4. The van der Waals surface area contributed by atoms with E-state index in [4.69, 9.17) is 9.62 Å². The van der Waals surface area contributed by atoms with Gasteiger partial charge in [0.1, 0.15) is 12.0 Å². The minimum atomic E-state index is 0. The van der Waals surface area contributed by atoms with E-state index in [9.17, 15) is 0 Å². The summed E-state index contributed by atoms with van der Waals surface area (Å²) in [4.78, 5) is 7.23. The van der Waals surface area contributed by atoms with E-state index in [1.54, 1.807) is 0 Å². The summed E-state index contributed by atoms with van der Waals surface area (Å²) >= 11 is 0. The molecule has 0 aliphatic rings. The maximum Gasteiger partial charge on any atom is 0.194 e. The maximum atomic E-state index is 8.35. The molecule has 0 atom stereocenters. The Kier molecular flexibility index (Phi) is 6.60. The van der Waals surface area contributed by atoms with Crippen molar-refractivity contribution in [2.45, 2.75) is 25.7 Å². The first kappa shape index (κ1) is 15.2. The van der Waals surface area contributed by atoms with Gasteiger partial charge in [-0.05, 0) is 25.3 Å². The molecule has 2 heterocycles. The highest BCUT2D eigenvalue weighted by atomic mass is 35.5. The number of oxime groups is 1. The Labute approximate surface area is 117 Å². The lowest BCUT2D eigenvalue weighted by atomic mass is 10.1. The van der Waals surface area contributed by atoms with Gasteiger partial charge >= 0.3 is 0 Å². The molecule has 0 fully saturated rings. The molecule has 2 N–H and O–H groups in total. The summed E-state index contributed by atoms with van der Waals surface area (Å²) in [6.45, 7) is 0. The molecular formula is C13H16ClN3O2. The van der Waals surface area contributed by atoms with Crippen LogP contribution in [-0.2, 0) is 12.8 Å². The van der Waals surface area contributed by atoms with Crippen LogP contribution in [0.2, 0.25) is 0 Å². The maximum absolute atomic E-state index is 8.35. The minimum absolute atomic E-state index is 0. The predicted octanol–water partition coefficient (Wildman–Crippen LogP) is -1.13. The third kappa shape index (κ3) is 5.09. The molecule has 0 saturated heterocycles. The van der Waals surface area contributed by atoms with Crippen LogP contribution in [0.1, 0.15) is 30.0 Å². The number of aromatic amines is 1. The molecule has 0 radical (unpaired) electrons. The first-order chi connectivity index (χ1) is 8.88. The lowest BCUT2D eigenvalue weighted by Gasteiger charge is -1.97. The van der Waals surface area contributed by atoms with E-state index >= 15 is 0 Å². The standard InChI is InChI=1S/C13H15N3O2.ClH/c17-15-9-12-10-18-13(16-12)6-2-1-4-11-5-3-7-14-8-11;/h3,5,7-10,17H,1-2,4,6H2;1H. The van der Waals surface area contributed by atoms with E-state index in [-0.39, 0.29) is 12.4 Å². The average Bonchev–Trinajstić information content (AvgIpc) is 2.84. The molecule has 0 unspecified atom stereocenters. The number of nitrogens with zero attached hydrogens (tertiary/aromatic N) is 2. The highest BCUT2D eigenvalue weighted by molar-refractivity contribution is 5.75. The minimum Gasteiger partial charge on any atom is -1.00 e. The number of pyridine rings is 1. The second kappa shape index (κ2) is 8.26. The van der Waals surface area contributed by atoms with Crippen LogP contribution in [0.3, 0.4) is 0 Å². The van der Waals surface area contributed by atoms with Crippen LogP contribution in [0, 0.1) is 0 Å². The summed E-state index contributed by atoms with van der Waals surface area (Å²) in [7, 11) is 0. The summed E-state index contributed by atoms with van der Waals surface area (Å²) in [5, 5.41) is 11.3. The first-order valence-electron chi connectivity index (χ1n) is 5.95. The van der Waals surface area contributed by atoms with Crippen molar-refractivity contribution < 1.29 is 27.0 Å². The summed E-state index contributed by atoms with van der Waals surface area (Å²) < 4.78 is 5.25. The van der Waals surface area contributed by atoms with Crippen LogP contribution < -0.4 is 17.4 Å². The molecule has 0 aliphatic carbocycles. The number of halogens is 1. The normalized spacial score (nSPS) is 10.5. The van der Waals surface area contributed by atoms with E-state index in [0.29, 0.717) is 11.6 Å². The van der Waals surface area contributed by atoms with E-state index < -0.39 is 0 Å². The van der Waals surface area contributed by atoms with Crippen molar-refractivity contribution in [2.75, 3.05) is 0 Å². The van der Waals surface area contributed by atoms with E-state index in [0.717, 1.165) is 25.7 Å². The quantitative estimate of drug-likeness (QED) is 0.315. The molecule has 0 amide bonds. The van der Waals surface area contributed by atoms with Crippen molar-refractivity contribution in [2.24, 2.45) is 5.16 Å². The number of hydrogen-bond acceptors (Lipinski definition) is 4. The van der Waals surface area contributed by atoms with Crippen LogP contribution >= 0.6 is 0 Å². The smallest absolute Gasteiger partial charge is 0.194 e. The van der Waals surface area contributed by atoms with Crippen LogP contribution in [0.4, 0.5) is 0 Å². The Morgan fingerprint density at radius 1 is 1.37 bits per heavy atom. The van der Waals surface area contributed by atoms with Gasteiger partial charge in [0, 0.05) is 18.1 Å². The Morgan fingerprint density at radius 2 is 2.21 bits per heavy atom. The molecule has 0 aromatic carbocycles. The number of aromatic nitrogens is 2. The van der Waals surface area contributed by atoms with Crippen molar-refractivity contribution in [1.29, 1.82) is 0 Å². The molecular weight excluding hydrogens is 266 g/mol. The predicted molar refractivity (Wildman–Crippen MR) is 65.5 cm³/mol. The Morgan fingerprint density at radius 3 is 2.95 bits per heavy atom. The number of unbranched alkanes of at least 4 members (excludes halogenated alkanes) is 1. The van der Waals surface area contributed by atoms with Gasteiger partial charge in [0.15, 0.2) is 18.3 Å². The molecule has 0 bridgehead atoms. The van der Waals surface area contributed by atoms with Gasteiger partial charge in [0.25, 0.3) is 0 Å². The van der Waals surface area contributed by atoms with Gasteiger partial charge in [-0.1, -0.05) is 5.16 Å². The van der Waals surface area contributed by atoms with E-state index in [2.05, 4.69) is 21.2 Å². The van der Waals surface area contributed by atoms with Crippen molar-refractivity contribution in [3.63, 3.8) is 0 Å². The second-order valence-corrected chi connectivity index (χ2v) is 4.03. The van der Waals surface area contributed by atoms with Gasteiger partial charge in [0.2, 0.25) is 0 Å². The fraction of sp³-hybridized carbons (Fsp3) is 0.308. The average molecular weight is 282 g/mol. The van der Waals surface area contributed by atoms with Crippen LogP contribution in [0.5, 0.6) is 0 Å². The summed E-state index contributed by atoms with van der Waals surface area (Å²) in [5.74, 6) is 0.685. The fourth-order valence-corrected chi connectivity index (χ4v) is 1.75. The summed E-state index contributed by atoms with van der Waals surface area (Å²) in [5.41, 5.74) is 1.85. The molecule has 2 aromatic heterocycles. The van der Waals surface area contributed by atoms with Crippen LogP contribution in [0.15, 0.2) is 40.4 Å². The Hall–Kier alpha value is -1.88. The zero-order chi connectivity index (χ0) is 12.6. The van der Waals surface area contributed by atoms with Gasteiger partial charge in [-0.25, -0.2) is 9.97 Å².